The van der Waals surface area contributed by atoms with Crippen LogP contribution in [0, 0.1) is 6.92 Å². The van der Waals surface area contributed by atoms with E-state index in [1.165, 1.54) is 0 Å². The van der Waals surface area contributed by atoms with Crippen LogP contribution in [0.25, 0.3) is 11.0 Å². The molecule has 1 aromatic carbocycles. The second-order valence-corrected chi connectivity index (χ2v) is 6.89. The normalized spacial score (nSPS) is 11.0. The van der Waals surface area contributed by atoms with Crippen molar-refractivity contribution >= 4 is 28.3 Å². The van der Waals surface area contributed by atoms with E-state index in [-0.39, 0.29) is 5.91 Å². The number of ether oxygens (including phenoxy) is 1. The average Bonchev–Trinajstić information content (AvgIpc) is 3.20. The topological polar surface area (TPSA) is 71.1 Å². The van der Waals surface area contributed by atoms with Gasteiger partial charge in [-0.15, -0.1) is 11.3 Å². The van der Waals surface area contributed by atoms with Crippen LogP contribution in [0.3, 0.4) is 0 Å². The van der Waals surface area contributed by atoms with Crippen molar-refractivity contribution in [1.82, 2.24) is 19.9 Å². The SMILES string of the molecule is CCN(CCc1nc2ccc(OC)cc2[nH]1)C(=O)Cc1csc(C)n1. The van der Waals surface area contributed by atoms with Crippen molar-refractivity contribution in [3.8, 4) is 5.75 Å². The van der Waals surface area contributed by atoms with Gasteiger partial charge in [0.15, 0.2) is 0 Å². The van der Waals surface area contributed by atoms with E-state index >= 15 is 0 Å². The number of carbonyl (C=O) groups is 1. The fourth-order valence-corrected chi connectivity index (χ4v) is 3.36. The maximum atomic E-state index is 12.5. The van der Waals surface area contributed by atoms with Crippen LogP contribution in [0.1, 0.15) is 23.4 Å². The highest BCUT2D eigenvalue weighted by Gasteiger charge is 2.15. The summed E-state index contributed by atoms with van der Waals surface area (Å²) >= 11 is 1.57. The van der Waals surface area contributed by atoms with Gasteiger partial charge in [0.1, 0.15) is 11.6 Å². The number of aromatic nitrogens is 3. The smallest absolute Gasteiger partial charge is 0.228 e. The number of thiazole rings is 1. The Labute approximate surface area is 150 Å². The second-order valence-electron chi connectivity index (χ2n) is 5.82. The Morgan fingerprint density at radius 3 is 2.88 bits per heavy atom. The van der Waals surface area contributed by atoms with Crippen LogP contribution < -0.4 is 4.74 Å². The third-order valence-corrected chi connectivity index (χ3v) is 4.91. The van der Waals surface area contributed by atoms with Gasteiger partial charge >= 0.3 is 0 Å². The van der Waals surface area contributed by atoms with Gasteiger partial charge in [0.2, 0.25) is 5.91 Å². The van der Waals surface area contributed by atoms with E-state index in [0.29, 0.717) is 25.9 Å². The lowest BCUT2D eigenvalue weighted by Gasteiger charge is -2.19. The number of methoxy groups -OCH3 is 1. The summed E-state index contributed by atoms with van der Waals surface area (Å²) in [6.07, 6.45) is 1.04. The van der Waals surface area contributed by atoms with E-state index in [4.69, 9.17) is 4.74 Å². The molecule has 7 heteroatoms. The largest absolute Gasteiger partial charge is 0.497 e. The van der Waals surface area contributed by atoms with Crippen molar-refractivity contribution in [3.63, 3.8) is 0 Å². The number of benzene rings is 1. The van der Waals surface area contributed by atoms with Gasteiger partial charge in [0.25, 0.3) is 0 Å². The third-order valence-electron chi connectivity index (χ3n) is 4.09. The summed E-state index contributed by atoms with van der Waals surface area (Å²) in [7, 11) is 1.65. The first kappa shape index (κ1) is 17.4. The molecule has 0 unspecified atom stereocenters. The minimum Gasteiger partial charge on any atom is -0.497 e. The first-order valence-corrected chi connectivity index (χ1v) is 9.18. The van der Waals surface area contributed by atoms with Crippen LogP contribution in [0.4, 0.5) is 0 Å². The number of H-pyrrole nitrogens is 1. The molecule has 132 valence electrons. The Morgan fingerprint density at radius 2 is 2.20 bits per heavy atom. The number of hydrogen-bond acceptors (Lipinski definition) is 5. The molecule has 0 atom stereocenters. The van der Waals surface area contributed by atoms with Crippen LogP contribution in [-0.4, -0.2) is 46.0 Å². The molecule has 1 amide bonds. The number of hydrogen-bond donors (Lipinski definition) is 1. The second kappa shape index (κ2) is 7.65. The van der Waals surface area contributed by atoms with Crippen LogP contribution in [0.5, 0.6) is 5.75 Å². The molecule has 0 spiro atoms. The predicted molar refractivity (Wildman–Crippen MR) is 99.2 cm³/mol. The predicted octanol–water partition coefficient (Wildman–Crippen LogP) is 2.97. The number of aromatic amines is 1. The molecule has 1 N–H and O–H groups in total. The van der Waals surface area contributed by atoms with Gasteiger partial charge in [0, 0.05) is 31.0 Å². The van der Waals surface area contributed by atoms with Crippen LogP contribution in [-0.2, 0) is 17.6 Å². The quantitative estimate of drug-likeness (QED) is 0.705. The monoisotopic (exact) mass is 358 g/mol. The summed E-state index contributed by atoms with van der Waals surface area (Å²) in [5.41, 5.74) is 2.70. The average molecular weight is 358 g/mol. The molecule has 0 saturated carbocycles. The molecule has 25 heavy (non-hydrogen) atoms. The molecular formula is C18H22N4O2S. The van der Waals surface area contributed by atoms with Crippen molar-refractivity contribution in [2.75, 3.05) is 20.2 Å². The van der Waals surface area contributed by atoms with Gasteiger partial charge in [-0.25, -0.2) is 9.97 Å². The molecule has 0 radical (unpaired) electrons. The van der Waals surface area contributed by atoms with Gasteiger partial charge in [-0.2, -0.15) is 0 Å². The van der Waals surface area contributed by atoms with Crippen LogP contribution >= 0.6 is 11.3 Å². The lowest BCUT2D eigenvalue weighted by Crippen LogP contribution is -2.34. The summed E-state index contributed by atoms with van der Waals surface area (Å²) in [5.74, 6) is 1.77. The van der Waals surface area contributed by atoms with E-state index in [1.54, 1.807) is 18.4 Å². The Hall–Kier alpha value is -2.41. The van der Waals surface area contributed by atoms with Crippen LogP contribution in [0.2, 0.25) is 0 Å². The van der Waals surface area contributed by atoms with E-state index in [2.05, 4.69) is 15.0 Å². The summed E-state index contributed by atoms with van der Waals surface area (Å²) < 4.78 is 5.23. The number of rotatable bonds is 7. The number of likely N-dealkylation sites (N-methyl/N-ethyl adjacent to an activating group) is 1. The third kappa shape index (κ3) is 4.17. The number of nitrogens with zero attached hydrogens (tertiary/aromatic N) is 3. The molecule has 2 aromatic heterocycles. The molecule has 3 rings (SSSR count). The molecule has 0 saturated heterocycles. The number of nitrogens with one attached hydrogen (secondary N) is 1. The van der Waals surface area contributed by atoms with Crippen molar-refractivity contribution in [2.45, 2.75) is 26.7 Å². The summed E-state index contributed by atoms with van der Waals surface area (Å²) in [5, 5.41) is 2.94. The zero-order valence-corrected chi connectivity index (χ0v) is 15.5. The van der Waals surface area contributed by atoms with Gasteiger partial charge < -0.3 is 14.6 Å². The fraction of sp³-hybridized carbons (Fsp3) is 0.389. The number of carbonyl (C=O) groups excluding carboxylic acids is 1. The highest BCUT2D eigenvalue weighted by molar-refractivity contribution is 7.09. The molecule has 2 heterocycles. The molecule has 0 aliphatic carbocycles. The van der Waals surface area contributed by atoms with E-state index in [9.17, 15) is 4.79 Å². The molecule has 0 aliphatic rings. The number of amides is 1. The Kier molecular flexibility index (Phi) is 5.33. The zero-order valence-electron chi connectivity index (χ0n) is 14.7. The minimum atomic E-state index is 0.102. The van der Waals surface area contributed by atoms with Crippen LogP contribution in [0.15, 0.2) is 23.6 Å². The maximum Gasteiger partial charge on any atom is 0.228 e. The lowest BCUT2D eigenvalue weighted by atomic mass is 10.2. The Balaban J connectivity index is 1.63. The highest BCUT2D eigenvalue weighted by Crippen LogP contribution is 2.19. The zero-order chi connectivity index (χ0) is 17.8. The molecule has 0 aliphatic heterocycles. The molecule has 6 nitrogen and oxygen atoms in total. The number of aryl methyl sites for hydroxylation is 1. The number of imidazole rings is 1. The summed E-state index contributed by atoms with van der Waals surface area (Å²) in [6.45, 7) is 5.26. The fourth-order valence-electron chi connectivity index (χ4n) is 2.74. The number of fused-ring (bicyclic) bond motifs is 1. The Morgan fingerprint density at radius 1 is 1.36 bits per heavy atom. The van der Waals surface area contributed by atoms with E-state index in [1.807, 2.05) is 42.3 Å². The van der Waals surface area contributed by atoms with Crippen molar-refractivity contribution < 1.29 is 9.53 Å². The Bertz CT molecular complexity index is 871. The van der Waals surface area contributed by atoms with Gasteiger partial charge in [-0.05, 0) is 26.0 Å². The molecule has 3 aromatic rings. The first-order valence-electron chi connectivity index (χ1n) is 8.30. The van der Waals surface area contributed by atoms with Crippen molar-refractivity contribution in [3.05, 3.63) is 40.1 Å². The molecular weight excluding hydrogens is 336 g/mol. The van der Waals surface area contributed by atoms with Gasteiger partial charge in [-0.3, -0.25) is 4.79 Å². The highest BCUT2D eigenvalue weighted by atomic mass is 32.1. The molecule has 0 fully saturated rings. The molecule has 0 bridgehead atoms. The minimum absolute atomic E-state index is 0.102. The van der Waals surface area contributed by atoms with Gasteiger partial charge in [-0.1, -0.05) is 0 Å². The summed E-state index contributed by atoms with van der Waals surface area (Å²) in [4.78, 5) is 26.6. The van der Waals surface area contributed by atoms with Gasteiger partial charge in [0.05, 0.1) is 35.3 Å². The summed E-state index contributed by atoms with van der Waals surface area (Å²) in [6, 6.07) is 5.76. The van der Waals surface area contributed by atoms with Crippen molar-refractivity contribution in [2.24, 2.45) is 0 Å². The van der Waals surface area contributed by atoms with E-state index in [0.717, 1.165) is 33.3 Å². The standard InChI is InChI=1S/C18H22N4O2S/c1-4-22(18(23)9-13-11-25-12(2)19-13)8-7-17-20-15-6-5-14(24-3)10-16(15)21-17/h5-6,10-11H,4,7-9H2,1-3H3,(H,20,21). The van der Waals surface area contributed by atoms with Crippen molar-refractivity contribution in [1.29, 1.82) is 0 Å². The lowest BCUT2D eigenvalue weighted by molar-refractivity contribution is -0.130. The van der Waals surface area contributed by atoms with E-state index < -0.39 is 0 Å². The maximum absolute atomic E-state index is 12.5. The first-order chi connectivity index (χ1) is 12.1.